The van der Waals surface area contributed by atoms with Crippen LogP contribution in [0.1, 0.15) is 40.8 Å². The van der Waals surface area contributed by atoms with Crippen LogP contribution in [0.5, 0.6) is 0 Å². The van der Waals surface area contributed by atoms with Gasteiger partial charge in [-0.05, 0) is 55.0 Å². The molecule has 0 bridgehead atoms. The number of halogens is 2. The molecule has 1 aliphatic carbocycles. The van der Waals surface area contributed by atoms with Crippen LogP contribution in [0.15, 0.2) is 24.3 Å². The van der Waals surface area contributed by atoms with Crippen molar-refractivity contribution in [2.45, 2.75) is 32.1 Å². The quantitative estimate of drug-likeness (QED) is 0.527. The fourth-order valence-corrected chi connectivity index (χ4v) is 4.62. The smallest absolute Gasteiger partial charge is 0.249 e. The Morgan fingerprint density at radius 1 is 1.24 bits per heavy atom. The molecule has 6 heteroatoms. The Hall–Kier alpha value is -1.80. The number of benzene rings is 1. The number of nitriles is 1. The Morgan fingerprint density at radius 3 is 2.80 bits per heavy atom. The molecular weight excluding hydrogens is 375 g/mol. The van der Waals surface area contributed by atoms with Gasteiger partial charge in [-0.2, -0.15) is 5.26 Å². The largest absolute Gasteiger partial charge is 0.313 e. The number of nitrogens with one attached hydrogen (secondary N) is 1. The number of fused-ring (bicyclic) bond motifs is 1. The average molecular weight is 391 g/mol. The predicted octanol–water partition coefficient (Wildman–Crippen LogP) is 5.85. The van der Waals surface area contributed by atoms with Crippen molar-refractivity contribution in [2.75, 3.05) is 5.32 Å². The van der Waals surface area contributed by atoms with E-state index in [9.17, 15) is 10.1 Å². The van der Waals surface area contributed by atoms with Crippen molar-refractivity contribution in [2.24, 2.45) is 0 Å². The van der Waals surface area contributed by atoms with Crippen LogP contribution in [0.4, 0.5) is 5.00 Å². The number of anilines is 1. The van der Waals surface area contributed by atoms with Crippen molar-refractivity contribution in [3.05, 3.63) is 55.9 Å². The van der Waals surface area contributed by atoms with E-state index < -0.39 is 0 Å². The topological polar surface area (TPSA) is 52.9 Å². The van der Waals surface area contributed by atoms with Crippen LogP contribution >= 0.6 is 34.5 Å². The monoisotopic (exact) mass is 390 g/mol. The molecule has 0 fully saturated rings. The normalized spacial score (nSPS) is 14.0. The lowest BCUT2D eigenvalue weighted by atomic mass is 10.1. The summed E-state index contributed by atoms with van der Waals surface area (Å²) in [7, 11) is 0. The van der Waals surface area contributed by atoms with E-state index in [1.165, 1.54) is 28.7 Å². The summed E-state index contributed by atoms with van der Waals surface area (Å²) in [5, 5.41) is 14.0. The van der Waals surface area contributed by atoms with E-state index in [1.54, 1.807) is 24.3 Å². The van der Waals surface area contributed by atoms with Crippen LogP contribution in [0, 0.1) is 11.3 Å². The number of aryl methyl sites for hydroxylation is 1. The number of hydrogen-bond acceptors (Lipinski definition) is 3. The van der Waals surface area contributed by atoms with Gasteiger partial charge in [-0.25, -0.2) is 0 Å². The van der Waals surface area contributed by atoms with Crippen molar-refractivity contribution in [3.8, 4) is 6.07 Å². The summed E-state index contributed by atoms with van der Waals surface area (Å²) in [6.07, 6.45) is 8.39. The minimum absolute atomic E-state index is 0.279. The molecule has 0 saturated carbocycles. The highest BCUT2D eigenvalue weighted by molar-refractivity contribution is 7.16. The van der Waals surface area contributed by atoms with Crippen molar-refractivity contribution in [1.82, 2.24) is 0 Å². The minimum Gasteiger partial charge on any atom is -0.313 e. The molecule has 1 amide bonds. The second-order valence-corrected chi connectivity index (χ2v) is 7.82. The standard InChI is InChI=1S/C19H16Cl2N2OS/c20-13-8-6-12(16(21)10-13)7-9-18(24)23-19-15(11-22)14-4-2-1-3-5-17(14)25-19/h6-10H,1-5H2,(H,23,24)/b9-7-. The molecular formula is C19H16Cl2N2OS. The Labute approximate surface area is 160 Å². The second-order valence-electron chi connectivity index (χ2n) is 5.87. The zero-order valence-electron chi connectivity index (χ0n) is 13.4. The van der Waals surface area contributed by atoms with Crippen LogP contribution < -0.4 is 5.32 Å². The van der Waals surface area contributed by atoms with E-state index in [-0.39, 0.29) is 5.91 Å². The summed E-state index contributed by atoms with van der Waals surface area (Å²) >= 11 is 13.5. The van der Waals surface area contributed by atoms with Gasteiger partial charge in [-0.1, -0.05) is 35.7 Å². The van der Waals surface area contributed by atoms with E-state index in [2.05, 4.69) is 11.4 Å². The third-order valence-electron chi connectivity index (χ3n) is 4.15. The highest BCUT2D eigenvalue weighted by Crippen LogP contribution is 2.37. The van der Waals surface area contributed by atoms with Crippen LogP contribution in [0.3, 0.4) is 0 Å². The van der Waals surface area contributed by atoms with Crippen LogP contribution in [0.25, 0.3) is 6.08 Å². The van der Waals surface area contributed by atoms with Crippen molar-refractivity contribution in [1.29, 1.82) is 5.26 Å². The first-order valence-electron chi connectivity index (χ1n) is 8.07. The second kappa shape index (κ2) is 8.05. The van der Waals surface area contributed by atoms with Gasteiger partial charge in [0.25, 0.3) is 0 Å². The SMILES string of the molecule is N#Cc1c(NC(=O)/C=C\c2ccc(Cl)cc2Cl)sc2c1CCCCC2. The van der Waals surface area contributed by atoms with E-state index in [0.717, 1.165) is 31.2 Å². The molecule has 0 saturated heterocycles. The Bertz CT molecular complexity index is 880. The van der Waals surface area contributed by atoms with Gasteiger partial charge < -0.3 is 5.32 Å². The van der Waals surface area contributed by atoms with Crippen LogP contribution in [-0.4, -0.2) is 5.91 Å². The van der Waals surface area contributed by atoms with E-state index in [4.69, 9.17) is 23.2 Å². The molecule has 0 radical (unpaired) electrons. The Kier molecular flexibility index (Phi) is 5.80. The molecule has 1 heterocycles. The van der Waals surface area contributed by atoms with Gasteiger partial charge in [0, 0.05) is 21.0 Å². The molecule has 2 aromatic rings. The van der Waals surface area contributed by atoms with Crippen LogP contribution in [-0.2, 0) is 17.6 Å². The average Bonchev–Trinajstić information content (AvgIpc) is 2.74. The Morgan fingerprint density at radius 2 is 2.04 bits per heavy atom. The number of carbonyl (C=O) groups excluding carboxylic acids is 1. The fourth-order valence-electron chi connectivity index (χ4n) is 2.90. The molecule has 1 aromatic carbocycles. The number of rotatable bonds is 3. The van der Waals surface area contributed by atoms with E-state index in [1.807, 2.05) is 0 Å². The summed E-state index contributed by atoms with van der Waals surface area (Å²) in [4.78, 5) is 13.5. The molecule has 1 aromatic heterocycles. The molecule has 25 heavy (non-hydrogen) atoms. The Balaban J connectivity index is 1.77. The first-order chi connectivity index (χ1) is 12.1. The van der Waals surface area contributed by atoms with Gasteiger partial charge in [0.05, 0.1) is 5.56 Å². The highest BCUT2D eigenvalue weighted by Gasteiger charge is 2.20. The van der Waals surface area contributed by atoms with Crippen molar-refractivity contribution >= 4 is 51.5 Å². The number of carbonyl (C=O) groups is 1. The van der Waals surface area contributed by atoms with E-state index >= 15 is 0 Å². The third kappa shape index (κ3) is 4.24. The van der Waals surface area contributed by atoms with E-state index in [0.29, 0.717) is 26.2 Å². The lowest BCUT2D eigenvalue weighted by Gasteiger charge is -2.01. The number of nitrogens with zero attached hydrogens (tertiary/aromatic N) is 1. The highest BCUT2D eigenvalue weighted by atomic mass is 35.5. The summed E-state index contributed by atoms with van der Waals surface area (Å²) in [5.41, 5.74) is 2.45. The van der Waals surface area contributed by atoms with Gasteiger partial charge in [-0.15, -0.1) is 11.3 Å². The first kappa shape index (κ1) is 18.0. The van der Waals surface area contributed by atoms with Crippen molar-refractivity contribution < 1.29 is 4.79 Å². The maximum atomic E-state index is 12.2. The number of thiophene rings is 1. The molecule has 0 atom stereocenters. The van der Waals surface area contributed by atoms with Crippen LogP contribution in [0.2, 0.25) is 10.0 Å². The maximum absolute atomic E-state index is 12.2. The summed E-state index contributed by atoms with van der Waals surface area (Å²) in [6.45, 7) is 0. The molecule has 128 valence electrons. The number of amides is 1. The van der Waals surface area contributed by atoms with Gasteiger partial charge >= 0.3 is 0 Å². The molecule has 0 spiro atoms. The lowest BCUT2D eigenvalue weighted by Crippen LogP contribution is -2.07. The lowest BCUT2D eigenvalue weighted by molar-refractivity contribution is -0.111. The molecule has 0 aliphatic heterocycles. The van der Waals surface area contributed by atoms with Gasteiger partial charge in [0.15, 0.2) is 0 Å². The van der Waals surface area contributed by atoms with Gasteiger partial charge in [-0.3, -0.25) is 4.79 Å². The van der Waals surface area contributed by atoms with Gasteiger partial charge in [0.2, 0.25) is 5.91 Å². The summed E-state index contributed by atoms with van der Waals surface area (Å²) < 4.78 is 0. The maximum Gasteiger partial charge on any atom is 0.249 e. The molecule has 3 nitrogen and oxygen atoms in total. The number of hydrogen-bond donors (Lipinski definition) is 1. The molecule has 1 N–H and O–H groups in total. The zero-order valence-corrected chi connectivity index (χ0v) is 15.8. The molecule has 1 aliphatic rings. The zero-order chi connectivity index (χ0) is 17.8. The summed E-state index contributed by atoms with van der Waals surface area (Å²) in [6, 6.07) is 7.36. The third-order valence-corrected chi connectivity index (χ3v) is 5.92. The first-order valence-corrected chi connectivity index (χ1v) is 9.64. The molecule has 0 unspecified atom stereocenters. The molecule has 3 rings (SSSR count). The predicted molar refractivity (Wildman–Crippen MR) is 104 cm³/mol. The van der Waals surface area contributed by atoms with Crippen molar-refractivity contribution in [3.63, 3.8) is 0 Å². The van der Waals surface area contributed by atoms with Gasteiger partial charge in [0.1, 0.15) is 11.1 Å². The minimum atomic E-state index is -0.279. The fraction of sp³-hybridized carbons (Fsp3) is 0.263. The summed E-state index contributed by atoms with van der Waals surface area (Å²) in [5.74, 6) is -0.279.